The van der Waals surface area contributed by atoms with Gasteiger partial charge in [0.05, 0.1) is 11.4 Å². The highest BCUT2D eigenvalue weighted by Crippen LogP contribution is 2.38. The van der Waals surface area contributed by atoms with Crippen LogP contribution in [0.4, 0.5) is 5.82 Å². The fourth-order valence-corrected chi connectivity index (χ4v) is 5.48. The molecule has 9 nitrogen and oxygen atoms in total. The minimum Gasteiger partial charge on any atom is -0.457 e. The SMILES string of the molecule is Cc1c(-c2ccc(Oc3ccccc3)cc2)c2c(N)ncnc2n1C[C@@H]1CCCN1C(=O)/C(C#N)=C\C(C)(C)N(C)C. The molecule has 0 saturated carbocycles. The summed E-state index contributed by atoms with van der Waals surface area (Å²) in [7, 11) is 3.87. The molecule has 1 amide bonds. The summed E-state index contributed by atoms with van der Waals surface area (Å²) in [4.78, 5) is 26.4. The molecule has 0 bridgehead atoms. The van der Waals surface area contributed by atoms with Gasteiger partial charge in [-0.3, -0.25) is 4.79 Å². The van der Waals surface area contributed by atoms with Gasteiger partial charge in [-0.05, 0) is 83.6 Å². The number of benzene rings is 2. The van der Waals surface area contributed by atoms with Crippen LogP contribution in [0.5, 0.6) is 11.5 Å². The molecule has 0 unspecified atom stereocenters. The zero-order valence-corrected chi connectivity index (χ0v) is 24.8. The Morgan fingerprint density at radius 2 is 1.83 bits per heavy atom. The standard InChI is InChI=1S/C33H37N7O2/c1-22-28(23-13-15-27(16-14-23)42-26-11-7-6-8-12-26)29-30(35)36-21-37-31(29)40(22)20-25-10-9-17-39(25)32(41)24(19-34)18-33(2,3)38(4)5/h6-8,11-16,18,21,25H,9-10,17,20H2,1-5H3,(H2,35,36,37)/b24-18-/t25-/m0/s1. The molecule has 0 aliphatic carbocycles. The van der Waals surface area contributed by atoms with Gasteiger partial charge in [-0.25, -0.2) is 9.97 Å². The minimum atomic E-state index is -0.436. The summed E-state index contributed by atoms with van der Waals surface area (Å²) in [6.45, 7) is 7.17. The fourth-order valence-electron chi connectivity index (χ4n) is 5.48. The van der Waals surface area contributed by atoms with Crippen molar-refractivity contribution in [2.24, 2.45) is 0 Å². The Morgan fingerprint density at radius 1 is 1.14 bits per heavy atom. The van der Waals surface area contributed by atoms with E-state index in [0.717, 1.165) is 52.2 Å². The second kappa shape index (κ2) is 11.7. The van der Waals surface area contributed by atoms with Crippen molar-refractivity contribution in [2.45, 2.75) is 51.7 Å². The van der Waals surface area contributed by atoms with Crippen LogP contribution in [-0.2, 0) is 11.3 Å². The lowest BCUT2D eigenvalue weighted by molar-refractivity contribution is -0.127. The van der Waals surface area contributed by atoms with Crippen LogP contribution >= 0.6 is 0 Å². The molecule has 1 aliphatic heterocycles. The van der Waals surface area contributed by atoms with Crippen LogP contribution in [0.2, 0.25) is 0 Å². The minimum absolute atomic E-state index is 0.0864. The Labute approximate surface area is 246 Å². The smallest absolute Gasteiger partial charge is 0.264 e. The van der Waals surface area contributed by atoms with Gasteiger partial charge in [-0.15, -0.1) is 0 Å². The topological polar surface area (TPSA) is 113 Å². The lowest BCUT2D eigenvalue weighted by Crippen LogP contribution is -2.41. The van der Waals surface area contributed by atoms with E-state index in [4.69, 9.17) is 10.5 Å². The maximum atomic E-state index is 13.6. The number of carbonyl (C=O) groups excluding carboxylic acids is 1. The fraction of sp³-hybridized carbons (Fsp3) is 0.333. The van der Waals surface area contributed by atoms with Crippen molar-refractivity contribution < 1.29 is 9.53 Å². The number of ether oxygens (including phenoxy) is 1. The first-order chi connectivity index (χ1) is 20.1. The van der Waals surface area contributed by atoms with Crippen LogP contribution in [-0.4, -0.2) is 62.5 Å². The lowest BCUT2D eigenvalue weighted by atomic mass is 9.99. The Bertz CT molecular complexity index is 1660. The molecule has 9 heteroatoms. The molecule has 1 fully saturated rings. The summed E-state index contributed by atoms with van der Waals surface area (Å²) in [6.07, 6.45) is 4.95. The number of carbonyl (C=O) groups is 1. The van der Waals surface area contributed by atoms with Crippen LogP contribution in [0.25, 0.3) is 22.2 Å². The summed E-state index contributed by atoms with van der Waals surface area (Å²) >= 11 is 0. The van der Waals surface area contributed by atoms with Crippen LogP contribution in [0.1, 0.15) is 32.4 Å². The molecule has 2 aromatic heterocycles. The Kier molecular flexibility index (Phi) is 8.01. The molecule has 1 aliphatic rings. The highest BCUT2D eigenvalue weighted by molar-refractivity contribution is 6.02. The molecule has 1 atom stereocenters. The first-order valence-electron chi connectivity index (χ1n) is 14.1. The first kappa shape index (κ1) is 28.8. The van der Waals surface area contributed by atoms with Gasteiger partial charge in [0.15, 0.2) is 0 Å². The van der Waals surface area contributed by atoms with Crippen molar-refractivity contribution in [3.8, 4) is 28.7 Å². The number of nitrogens with two attached hydrogens (primary N) is 1. The van der Waals surface area contributed by atoms with Crippen LogP contribution in [0.3, 0.4) is 0 Å². The molecule has 3 heterocycles. The number of para-hydroxylation sites is 1. The molecule has 216 valence electrons. The van der Waals surface area contributed by atoms with Crippen molar-refractivity contribution in [3.63, 3.8) is 0 Å². The number of anilines is 1. The molecule has 2 aromatic carbocycles. The molecule has 42 heavy (non-hydrogen) atoms. The van der Waals surface area contributed by atoms with E-state index >= 15 is 0 Å². The summed E-state index contributed by atoms with van der Waals surface area (Å²) < 4.78 is 8.12. The van der Waals surface area contributed by atoms with Gasteiger partial charge in [0.2, 0.25) is 0 Å². The molecular weight excluding hydrogens is 526 g/mol. The van der Waals surface area contributed by atoms with Crippen molar-refractivity contribution in [3.05, 3.63) is 78.3 Å². The van der Waals surface area contributed by atoms with Gasteiger partial charge < -0.3 is 24.8 Å². The molecule has 2 N–H and O–H groups in total. The van der Waals surface area contributed by atoms with Crippen LogP contribution in [0.15, 0.2) is 72.6 Å². The van der Waals surface area contributed by atoms with Gasteiger partial charge in [-0.2, -0.15) is 5.26 Å². The average molecular weight is 564 g/mol. The van der Waals surface area contributed by atoms with Crippen molar-refractivity contribution in [1.29, 1.82) is 5.26 Å². The number of hydrogen-bond acceptors (Lipinski definition) is 7. The van der Waals surface area contributed by atoms with E-state index in [-0.39, 0.29) is 17.5 Å². The number of likely N-dealkylation sites (N-methyl/N-ethyl adjacent to an activating group) is 1. The Hall–Kier alpha value is -4.68. The van der Waals surface area contributed by atoms with Crippen molar-refractivity contribution >= 4 is 22.8 Å². The van der Waals surface area contributed by atoms with Crippen LogP contribution in [0, 0.1) is 18.3 Å². The lowest BCUT2D eigenvalue weighted by Gasteiger charge is -2.30. The molecule has 0 radical (unpaired) electrons. The van der Waals surface area contributed by atoms with Crippen LogP contribution < -0.4 is 10.5 Å². The van der Waals surface area contributed by atoms with Crippen molar-refractivity contribution in [2.75, 3.05) is 26.4 Å². The zero-order chi connectivity index (χ0) is 30.0. The third-order valence-corrected chi connectivity index (χ3v) is 8.28. The number of aromatic nitrogens is 3. The van der Waals surface area contributed by atoms with E-state index in [1.54, 1.807) is 6.08 Å². The second-order valence-electron chi connectivity index (χ2n) is 11.5. The summed E-state index contributed by atoms with van der Waals surface area (Å²) in [6, 6.07) is 19.6. The number of nitriles is 1. The Balaban J connectivity index is 1.47. The molecule has 1 saturated heterocycles. The third-order valence-electron chi connectivity index (χ3n) is 8.28. The number of hydrogen-bond donors (Lipinski definition) is 1. The normalized spacial score (nSPS) is 15.8. The van der Waals surface area contributed by atoms with E-state index in [1.807, 2.05) is 99.3 Å². The summed E-state index contributed by atoms with van der Waals surface area (Å²) in [5, 5.41) is 10.7. The summed E-state index contributed by atoms with van der Waals surface area (Å²) in [5.74, 6) is 1.68. The quantitative estimate of drug-likeness (QED) is 0.220. The van der Waals surface area contributed by atoms with E-state index in [9.17, 15) is 10.1 Å². The van der Waals surface area contributed by atoms with Crippen molar-refractivity contribution in [1.82, 2.24) is 24.3 Å². The maximum absolute atomic E-state index is 13.6. The highest BCUT2D eigenvalue weighted by atomic mass is 16.5. The number of nitrogens with zero attached hydrogens (tertiary/aromatic N) is 6. The van der Waals surface area contributed by atoms with Gasteiger partial charge >= 0.3 is 0 Å². The average Bonchev–Trinajstić information content (AvgIpc) is 3.55. The largest absolute Gasteiger partial charge is 0.457 e. The third kappa shape index (κ3) is 5.58. The first-order valence-corrected chi connectivity index (χ1v) is 14.1. The zero-order valence-electron chi connectivity index (χ0n) is 24.8. The van der Waals surface area contributed by atoms with Gasteiger partial charge in [-0.1, -0.05) is 30.3 Å². The molecular formula is C33H37N7O2. The number of rotatable bonds is 8. The van der Waals surface area contributed by atoms with E-state index in [1.165, 1.54) is 6.33 Å². The molecule has 0 spiro atoms. The Morgan fingerprint density at radius 3 is 2.50 bits per heavy atom. The van der Waals surface area contributed by atoms with E-state index in [0.29, 0.717) is 18.9 Å². The van der Waals surface area contributed by atoms with Gasteiger partial charge in [0, 0.05) is 29.9 Å². The number of nitrogen functional groups attached to an aromatic ring is 1. The number of fused-ring (bicyclic) bond motifs is 1. The molecule has 4 aromatic rings. The number of likely N-dealkylation sites (tertiary alicyclic amines) is 1. The predicted molar refractivity (Wildman–Crippen MR) is 165 cm³/mol. The maximum Gasteiger partial charge on any atom is 0.264 e. The summed E-state index contributed by atoms with van der Waals surface area (Å²) in [5.41, 5.74) is 9.80. The number of amides is 1. The van der Waals surface area contributed by atoms with E-state index < -0.39 is 5.54 Å². The highest BCUT2D eigenvalue weighted by Gasteiger charge is 2.33. The van der Waals surface area contributed by atoms with E-state index in [2.05, 4.69) is 20.6 Å². The monoisotopic (exact) mass is 563 g/mol. The molecule has 5 rings (SSSR count). The van der Waals surface area contributed by atoms with Gasteiger partial charge in [0.25, 0.3) is 5.91 Å². The van der Waals surface area contributed by atoms with Gasteiger partial charge in [0.1, 0.15) is 40.9 Å². The predicted octanol–water partition coefficient (Wildman–Crippen LogP) is 5.56. The second-order valence-corrected chi connectivity index (χ2v) is 11.5.